The summed E-state index contributed by atoms with van der Waals surface area (Å²) in [6.45, 7) is 1.60. The molecule has 4 N–H and O–H groups in total. The Morgan fingerprint density at radius 2 is 2.17 bits per heavy atom. The molecule has 1 fully saturated rings. The van der Waals surface area contributed by atoms with Crippen LogP contribution in [0.15, 0.2) is 36.5 Å². The van der Waals surface area contributed by atoms with E-state index in [2.05, 4.69) is 36.2 Å². The predicted octanol–water partition coefficient (Wildman–Crippen LogP) is 2.62. The quantitative estimate of drug-likeness (QED) is 0.293. The number of rotatable bonds is 8. The molecule has 182 valence electrons. The highest BCUT2D eigenvalue weighted by Crippen LogP contribution is 2.34. The number of benzene rings is 2. The second kappa shape index (κ2) is 9.80. The van der Waals surface area contributed by atoms with E-state index in [4.69, 9.17) is 21.1 Å². The zero-order chi connectivity index (χ0) is 24.4. The Hall–Kier alpha value is -3.83. The van der Waals surface area contributed by atoms with Gasteiger partial charge in [0.1, 0.15) is 0 Å². The van der Waals surface area contributed by atoms with Crippen molar-refractivity contribution < 1.29 is 14.3 Å². The van der Waals surface area contributed by atoms with Gasteiger partial charge >= 0.3 is 0 Å². The molecule has 35 heavy (non-hydrogen) atoms. The number of aromatic amines is 1. The Morgan fingerprint density at radius 1 is 1.29 bits per heavy atom. The number of methoxy groups -OCH3 is 1. The summed E-state index contributed by atoms with van der Waals surface area (Å²) in [5.74, 6) is 1.78. The topological polar surface area (TPSA) is 131 Å². The first kappa shape index (κ1) is 22.9. The van der Waals surface area contributed by atoms with Gasteiger partial charge in [0.15, 0.2) is 23.9 Å². The fourth-order valence-corrected chi connectivity index (χ4v) is 4.19. The van der Waals surface area contributed by atoms with E-state index in [1.165, 1.54) is 0 Å². The minimum Gasteiger partial charge on any atom is -0.493 e. The van der Waals surface area contributed by atoms with Crippen LogP contribution in [-0.4, -0.2) is 63.7 Å². The van der Waals surface area contributed by atoms with Crippen LogP contribution in [0.1, 0.15) is 6.42 Å². The van der Waals surface area contributed by atoms with E-state index in [1.807, 2.05) is 18.2 Å². The van der Waals surface area contributed by atoms with Crippen LogP contribution in [0.5, 0.6) is 11.5 Å². The fraction of sp³-hybridized carbons (Fsp3) is 0.304. The zero-order valence-electron chi connectivity index (χ0n) is 19.3. The molecule has 2 aromatic heterocycles. The SMILES string of the molecule is COc1cc(-c2nc(Nc3ccc4[nH]ncc4c3Cl)n(C)n2)ccc1OCC(=O)NC1CCNC1. The number of aromatic nitrogens is 5. The average molecular weight is 497 g/mol. The number of hydrogen-bond acceptors (Lipinski definition) is 8. The maximum absolute atomic E-state index is 12.2. The lowest BCUT2D eigenvalue weighted by molar-refractivity contribution is -0.123. The predicted molar refractivity (Wildman–Crippen MR) is 132 cm³/mol. The number of anilines is 2. The highest BCUT2D eigenvalue weighted by molar-refractivity contribution is 6.38. The van der Waals surface area contributed by atoms with Gasteiger partial charge in [-0.3, -0.25) is 9.89 Å². The fourth-order valence-electron chi connectivity index (χ4n) is 3.93. The first-order valence-electron chi connectivity index (χ1n) is 11.1. The van der Waals surface area contributed by atoms with Gasteiger partial charge in [-0.1, -0.05) is 11.6 Å². The summed E-state index contributed by atoms with van der Waals surface area (Å²) in [7, 11) is 3.33. The van der Waals surface area contributed by atoms with Crippen LogP contribution in [0, 0.1) is 0 Å². The molecule has 1 saturated heterocycles. The van der Waals surface area contributed by atoms with Crippen molar-refractivity contribution in [3.05, 3.63) is 41.6 Å². The molecule has 1 atom stereocenters. The lowest BCUT2D eigenvalue weighted by Gasteiger charge is -2.14. The van der Waals surface area contributed by atoms with Crippen LogP contribution < -0.4 is 25.4 Å². The lowest BCUT2D eigenvalue weighted by Crippen LogP contribution is -2.39. The summed E-state index contributed by atoms with van der Waals surface area (Å²) in [5, 5.41) is 22.2. The molecule has 1 amide bonds. The van der Waals surface area contributed by atoms with Gasteiger partial charge in [0.2, 0.25) is 5.95 Å². The Morgan fingerprint density at radius 3 is 2.97 bits per heavy atom. The minimum absolute atomic E-state index is 0.0934. The third kappa shape index (κ3) is 4.86. The third-order valence-electron chi connectivity index (χ3n) is 5.77. The second-order valence-electron chi connectivity index (χ2n) is 8.18. The first-order chi connectivity index (χ1) is 17.0. The van der Waals surface area contributed by atoms with Crippen molar-refractivity contribution in [1.82, 2.24) is 35.6 Å². The van der Waals surface area contributed by atoms with Gasteiger partial charge in [0.25, 0.3) is 5.91 Å². The second-order valence-corrected chi connectivity index (χ2v) is 8.56. The molecule has 0 radical (unpaired) electrons. The van der Waals surface area contributed by atoms with Crippen LogP contribution in [0.25, 0.3) is 22.3 Å². The van der Waals surface area contributed by atoms with Crippen molar-refractivity contribution in [1.29, 1.82) is 0 Å². The largest absolute Gasteiger partial charge is 0.493 e. The van der Waals surface area contributed by atoms with Gasteiger partial charge in [-0.15, -0.1) is 5.10 Å². The molecule has 0 saturated carbocycles. The standard InChI is InChI=1S/C23H25ClN8O3/c1-32-23(28-17-5-4-16-15(21(17)24)11-26-30-16)29-22(31-32)13-3-6-18(19(9-13)34-2)35-12-20(33)27-14-7-8-25-10-14/h3-6,9,11,14,25H,7-8,10,12H2,1-2H3,(H,26,30)(H,27,33)(H,28,29,31). The Balaban J connectivity index is 1.30. The highest BCUT2D eigenvalue weighted by atomic mass is 35.5. The molecule has 0 spiro atoms. The summed E-state index contributed by atoms with van der Waals surface area (Å²) < 4.78 is 12.8. The van der Waals surface area contributed by atoms with Crippen LogP contribution in [0.4, 0.5) is 11.6 Å². The van der Waals surface area contributed by atoms with Crippen molar-refractivity contribution in [2.75, 3.05) is 32.1 Å². The molecule has 0 aliphatic carbocycles. The van der Waals surface area contributed by atoms with Crippen LogP contribution >= 0.6 is 11.6 Å². The number of amides is 1. The number of carbonyl (C=O) groups excluding carboxylic acids is 1. The molecule has 2 aromatic carbocycles. The molecule has 4 aromatic rings. The van der Waals surface area contributed by atoms with Crippen molar-refractivity contribution in [2.45, 2.75) is 12.5 Å². The average Bonchev–Trinajstić information content (AvgIpc) is 3.62. The van der Waals surface area contributed by atoms with E-state index in [1.54, 1.807) is 37.2 Å². The van der Waals surface area contributed by atoms with Gasteiger partial charge in [-0.2, -0.15) is 10.1 Å². The number of nitrogens with zero attached hydrogens (tertiary/aromatic N) is 4. The van der Waals surface area contributed by atoms with Crippen molar-refractivity contribution in [3.63, 3.8) is 0 Å². The summed E-state index contributed by atoms with van der Waals surface area (Å²) in [5.41, 5.74) is 2.27. The van der Waals surface area contributed by atoms with E-state index >= 15 is 0 Å². The zero-order valence-corrected chi connectivity index (χ0v) is 20.0. The summed E-state index contributed by atoms with van der Waals surface area (Å²) in [6.07, 6.45) is 2.60. The molecule has 3 heterocycles. The Bertz CT molecular complexity index is 1360. The number of halogens is 1. The van der Waals surface area contributed by atoms with E-state index in [0.29, 0.717) is 34.0 Å². The molecular formula is C23H25ClN8O3. The summed E-state index contributed by atoms with van der Waals surface area (Å²) >= 11 is 6.52. The van der Waals surface area contributed by atoms with E-state index < -0.39 is 0 Å². The molecule has 5 rings (SSSR count). The van der Waals surface area contributed by atoms with Crippen LogP contribution in [0.2, 0.25) is 5.02 Å². The summed E-state index contributed by atoms with van der Waals surface area (Å²) in [6, 6.07) is 9.22. The van der Waals surface area contributed by atoms with Crippen LogP contribution in [-0.2, 0) is 11.8 Å². The number of fused-ring (bicyclic) bond motifs is 1. The molecule has 12 heteroatoms. The number of hydrogen-bond donors (Lipinski definition) is 4. The molecule has 1 unspecified atom stereocenters. The van der Waals surface area contributed by atoms with Crippen molar-refractivity contribution in [2.24, 2.45) is 7.05 Å². The van der Waals surface area contributed by atoms with Gasteiger partial charge in [0, 0.05) is 30.6 Å². The molecule has 11 nitrogen and oxygen atoms in total. The summed E-state index contributed by atoms with van der Waals surface area (Å²) in [4.78, 5) is 16.8. The first-order valence-corrected chi connectivity index (χ1v) is 11.5. The van der Waals surface area contributed by atoms with E-state index in [0.717, 1.165) is 36.0 Å². The van der Waals surface area contributed by atoms with Gasteiger partial charge in [-0.05, 0) is 43.3 Å². The van der Waals surface area contributed by atoms with Gasteiger partial charge < -0.3 is 25.4 Å². The van der Waals surface area contributed by atoms with E-state index in [-0.39, 0.29) is 18.6 Å². The molecule has 0 bridgehead atoms. The van der Waals surface area contributed by atoms with Crippen molar-refractivity contribution in [3.8, 4) is 22.9 Å². The maximum Gasteiger partial charge on any atom is 0.258 e. The highest BCUT2D eigenvalue weighted by Gasteiger charge is 2.18. The van der Waals surface area contributed by atoms with Gasteiger partial charge in [-0.25, -0.2) is 4.68 Å². The maximum atomic E-state index is 12.2. The third-order valence-corrected chi connectivity index (χ3v) is 6.18. The number of ether oxygens (including phenoxy) is 2. The number of aryl methyl sites for hydroxylation is 1. The number of carbonyl (C=O) groups is 1. The normalized spacial score (nSPS) is 15.3. The molecular weight excluding hydrogens is 472 g/mol. The number of nitrogens with one attached hydrogen (secondary N) is 4. The van der Waals surface area contributed by atoms with Gasteiger partial charge in [0.05, 0.1) is 29.5 Å². The number of H-pyrrole nitrogens is 1. The van der Waals surface area contributed by atoms with Crippen LogP contribution in [0.3, 0.4) is 0 Å². The minimum atomic E-state index is -0.167. The molecule has 1 aliphatic rings. The van der Waals surface area contributed by atoms with E-state index in [9.17, 15) is 4.79 Å². The molecule has 1 aliphatic heterocycles. The van der Waals surface area contributed by atoms with Crippen molar-refractivity contribution >= 4 is 40.0 Å². The lowest BCUT2D eigenvalue weighted by atomic mass is 10.2. The monoisotopic (exact) mass is 496 g/mol. The smallest absolute Gasteiger partial charge is 0.258 e. The Kier molecular flexibility index (Phi) is 6.43. The Labute approximate surface area is 206 Å².